The molecule has 1 aliphatic carbocycles. The third kappa shape index (κ3) is 5.45. The Morgan fingerprint density at radius 1 is 1.00 bits per heavy atom. The fraction of sp³-hybridized carbons (Fsp3) is 0.381. The van der Waals surface area contributed by atoms with Crippen LogP contribution in [0.5, 0.6) is 11.5 Å². The van der Waals surface area contributed by atoms with Gasteiger partial charge in [0, 0.05) is 6.04 Å². The lowest BCUT2D eigenvalue weighted by Gasteiger charge is -2.12. The lowest BCUT2D eigenvalue weighted by atomic mass is 10.2. The van der Waals surface area contributed by atoms with Crippen molar-refractivity contribution in [3.63, 3.8) is 0 Å². The molecule has 1 aromatic carbocycles. The summed E-state index contributed by atoms with van der Waals surface area (Å²) in [5.74, 6) is 0.876. The average molecular weight is 383 g/mol. The number of pyridine rings is 1. The molecule has 0 aliphatic heterocycles. The number of hydrogen-bond donors (Lipinski definition) is 2. The van der Waals surface area contributed by atoms with Crippen LogP contribution in [-0.4, -0.2) is 43.1 Å². The van der Waals surface area contributed by atoms with Crippen molar-refractivity contribution in [2.24, 2.45) is 0 Å². The molecule has 7 nitrogen and oxygen atoms in total. The van der Waals surface area contributed by atoms with Crippen LogP contribution < -0.4 is 20.1 Å². The predicted molar refractivity (Wildman–Crippen MR) is 105 cm³/mol. The third-order valence-corrected chi connectivity index (χ3v) is 4.62. The molecule has 1 saturated carbocycles. The van der Waals surface area contributed by atoms with Crippen LogP contribution in [0.25, 0.3) is 0 Å². The third-order valence-electron chi connectivity index (χ3n) is 4.62. The maximum atomic E-state index is 12.3. The van der Waals surface area contributed by atoms with Gasteiger partial charge in [-0.25, -0.2) is 4.98 Å². The van der Waals surface area contributed by atoms with Gasteiger partial charge >= 0.3 is 0 Å². The lowest BCUT2D eigenvalue weighted by Crippen LogP contribution is -2.34. The van der Waals surface area contributed by atoms with E-state index >= 15 is 0 Å². The number of carbonyl (C=O) groups is 2. The van der Waals surface area contributed by atoms with Gasteiger partial charge in [-0.05, 0) is 49.2 Å². The monoisotopic (exact) mass is 383 g/mol. The summed E-state index contributed by atoms with van der Waals surface area (Å²) in [5, 5.41) is 5.73. The number of benzene rings is 1. The Bertz CT molecular complexity index is 802. The molecule has 0 bridgehead atoms. The lowest BCUT2D eigenvalue weighted by molar-refractivity contribution is 0.0931. The van der Waals surface area contributed by atoms with E-state index in [0.29, 0.717) is 18.9 Å². The summed E-state index contributed by atoms with van der Waals surface area (Å²) in [4.78, 5) is 28.8. The highest BCUT2D eigenvalue weighted by Crippen LogP contribution is 2.18. The summed E-state index contributed by atoms with van der Waals surface area (Å²) in [6.07, 6.45) is 4.28. The summed E-state index contributed by atoms with van der Waals surface area (Å²) in [6.45, 7) is 0.644. The first-order valence-corrected chi connectivity index (χ1v) is 9.48. The number of nitrogens with one attached hydrogen (secondary N) is 2. The molecule has 148 valence electrons. The van der Waals surface area contributed by atoms with E-state index in [4.69, 9.17) is 9.47 Å². The van der Waals surface area contributed by atoms with Crippen molar-refractivity contribution >= 4 is 11.8 Å². The molecule has 0 saturated heterocycles. The number of aromatic nitrogens is 1. The van der Waals surface area contributed by atoms with Crippen LogP contribution in [0.15, 0.2) is 42.5 Å². The number of nitrogens with zero attached hydrogens (tertiary/aromatic N) is 1. The van der Waals surface area contributed by atoms with Gasteiger partial charge in [-0.3, -0.25) is 9.59 Å². The first-order valence-electron chi connectivity index (χ1n) is 9.48. The van der Waals surface area contributed by atoms with E-state index in [1.54, 1.807) is 49.6 Å². The van der Waals surface area contributed by atoms with Crippen molar-refractivity contribution in [1.82, 2.24) is 15.6 Å². The largest absolute Gasteiger partial charge is 0.497 e. The molecule has 1 aliphatic rings. The van der Waals surface area contributed by atoms with E-state index < -0.39 is 0 Å². The van der Waals surface area contributed by atoms with Gasteiger partial charge in [0.1, 0.15) is 29.5 Å². The van der Waals surface area contributed by atoms with Crippen LogP contribution in [0.1, 0.15) is 46.7 Å². The molecule has 1 heterocycles. The zero-order chi connectivity index (χ0) is 19.8. The molecule has 2 amide bonds. The van der Waals surface area contributed by atoms with E-state index in [-0.39, 0.29) is 29.2 Å². The van der Waals surface area contributed by atoms with Crippen molar-refractivity contribution in [3.8, 4) is 11.5 Å². The minimum Gasteiger partial charge on any atom is -0.497 e. The van der Waals surface area contributed by atoms with E-state index in [1.807, 2.05) is 0 Å². The molecule has 0 spiro atoms. The zero-order valence-electron chi connectivity index (χ0n) is 15.9. The minimum absolute atomic E-state index is 0.210. The predicted octanol–water partition coefficient (Wildman–Crippen LogP) is 2.57. The van der Waals surface area contributed by atoms with Crippen LogP contribution in [-0.2, 0) is 0 Å². The Morgan fingerprint density at radius 2 is 1.64 bits per heavy atom. The van der Waals surface area contributed by atoms with Gasteiger partial charge < -0.3 is 20.1 Å². The molecule has 1 fully saturated rings. The summed E-state index contributed by atoms with van der Waals surface area (Å²) in [5.41, 5.74) is 0.470. The molecule has 0 unspecified atom stereocenters. The van der Waals surface area contributed by atoms with Crippen LogP contribution >= 0.6 is 0 Å². The number of methoxy groups -OCH3 is 1. The summed E-state index contributed by atoms with van der Waals surface area (Å²) in [6, 6.07) is 12.3. The molecule has 2 N–H and O–H groups in total. The number of carbonyl (C=O) groups excluding carboxylic acids is 2. The summed E-state index contributed by atoms with van der Waals surface area (Å²) < 4.78 is 10.7. The van der Waals surface area contributed by atoms with Crippen molar-refractivity contribution in [3.05, 3.63) is 53.9 Å². The normalized spacial score (nSPS) is 13.8. The SMILES string of the molecule is COc1ccc(OCCNC(=O)c2cccc(C(=O)NC3CCCC3)n2)cc1. The van der Waals surface area contributed by atoms with Gasteiger partial charge in [0.15, 0.2) is 0 Å². The Balaban J connectivity index is 1.46. The van der Waals surface area contributed by atoms with Crippen molar-refractivity contribution in [1.29, 1.82) is 0 Å². The second-order valence-corrected chi connectivity index (χ2v) is 6.64. The molecule has 7 heteroatoms. The fourth-order valence-corrected chi connectivity index (χ4v) is 3.11. The van der Waals surface area contributed by atoms with Crippen LogP contribution in [0, 0.1) is 0 Å². The van der Waals surface area contributed by atoms with Gasteiger partial charge in [-0.1, -0.05) is 18.9 Å². The van der Waals surface area contributed by atoms with Crippen LogP contribution in [0.2, 0.25) is 0 Å². The van der Waals surface area contributed by atoms with Gasteiger partial charge in [0.25, 0.3) is 11.8 Å². The molecule has 2 aromatic rings. The highest BCUT2D eigenvalue weighted by Gasteiger charge is 2.19. The Kier molecular flexibility index (Phi) is 6.84. The maximum absolute atomic E-state index is 12.3. The van der Waals surface area contributed by atoms with Gasteiger partial charge in [-0.2, -0.15) is 0 Å². The van der Waals surface area contributed by atoms with E-state index in [9.17, 15) is 9.59 Å². The average Bonchev–Trinajstić information content (AvgIpc) is 3.24. The summed E-state index contributed by atoms with van der Waals surface area (Å²) >= 11 is 0. The highest BCUT2D eigenvalue weighted by atomic mass is 16.5. The molecule has 28 heavy (non-hydrogen) atoms. The van der Waals surface area contributed by atoms with E-state index in [1.165, 1.54) is 0 Å². The molecular formula is C21H25N3O4. The molecule has 0 radical (unpaired) electrons. The van der Waals surface area contributed by atoms with Crippen LogP contribution in [0.4, 0.5) is 0 Å². The van der Waals surface area contributed by atoms with E-state index in [0.717, 1.165) is 31.4 Å². The topological polar surface area (TPSA) is 89.5 Å². The molecular weight excluding hydrogens is 358 g/mol. The smallest absolute Gasteiger partial charge is 0.270 e. The number of hydrogen-bond acceptors (Lipinski definition) is 5. The Labute approximate surface area is 164 Å². The number of ether oxygens (including phenoxy) is 2. The second-order valence-electron chi connectivity index (χ2n) is 6.64. The van der Waals surface area contributed by atoms with Crippen molar-refractivity contribution in [2.75, 3.05) is 20.3 Å². The van der Waals surface area contributed by atoms with Crippen LogP contribution in [0.3, 0.4) is 0 Å². The van der Waals surface area contributed by atoms with Gasteiger partial charge in [0.05, 0.1) is 13.7 Å². The Morgan fingerprint density at radius 3 is 2.32 bits per heavy atom. The summed E-state index contributed by atoms with van der Waals surface area (Å²) in [7, 11) is 1.60. The Hall–Kier alpha value is -3.09. The van der Waals surface area contributed by atoms with Gasteiger partial charge in [-0.15, -0.1) is 0 Å². The molecule has 1 aromatic heterocycles. The fourth-order valence-electron chi connectivity index (χ4n) is 3.11. The molecule has 0 atom stereocenters. The zero-order valence-corrected chi connectivity index (χ0v) is 15.9. The maximum Gasteiger partial charge on any atom is 0.270 e. The number of amides is 2. The van der Waals surface area contributed by atoms with Gasteiger partial charge in [0.2, 0.25) is 0 Å². The first-order chi connectivity index (χ1) is 13.7. The van der Waals surface area contributed by atoms with Crippen molar-refractivity contribution < 1.29 is 19.1 Å². The van der Waals surface area contributed by atoms with E-state index in [2.05, 4.69) is 15.6 Å². The number of rotatable bonds is 8. The van der Waals surface area contributed by atoms with Crippen molar-refractivity contribution in [2.45, 2.75) is 31.7 Å². The minimum atomic E-state index is -0.339. The first kappa shape index (κ1) is 19.7. The standard InChI is InChI=1S/C21H25N3O4/c1-27-16-9-11-17(12-10-16)28-14-13-22-20(25)18-7-4-8-19(24-18)21(26)23-15-5-2-3-6-15/h4,7-12,15H,2-3,5-6,13-14H2,1H3,(H,22,25)(H,23,26). The second kappa shape index (κ2) is 9.73. The quantitative estimate of drug-likeness (QED) is 0.684. The molecule has 3 rings (SSSR count). The highest BCUT2D eigenvalue weighted by molar-refractivity contribution is 5.96.